The lowest BCUT2D eigenvalue weighted by atomic mass is 10.1. The van der Waals surface area contributed by atoms with E-state index in [0.29, 0.717) is 16.9 Å². The molecule has 0 aromatic carbocycles. The number of hydrogen-bond donors (Lipinski definition) is 0. The third-order valence-electron chi connectivity index (χ3n) is 2.64. The lowest BCUT2D eigenvalue weighted by molar-refractivity contribution is 0.756. The van der Waals surface area contributed by atoms with Crippen LogP contribution in [0.3, 0.4) is 0 Å². The molecule has 0 radical (unpaired) electrons. The topological polar surface area (TPSA) is 43.6 Å². The molecule has 0 aliphatic rings. The van der Waals surface area contributed by atoms with Gasteiger partial charge >= 0.3 is 0 Å². The Balaban J connectivity index is 2.62. The van der Waals surface area contributed by atoms with E-state index in [9.17, 15) is 0 Å². The molecular weight excluding hydrogens is 363 g/mol. The smallest absolute Gasteiger partial charge is 0.164 e. The molecule has 0 spiro atoms. The summed E-state index contributed by atoms with van der Waals surface area (Å²) in [6, 6.07) is 0. The van der Waals surface area contributed by atoms with Crippen LogP contribution in [0.15, 0.2) is 6.20 Å². The molecule has 0 aliphatic heterocycles. The summed E-state index contributed by atoms with van der Waals surface area (Å²) in [5, 5.41) is 4.81. The highest BCUT2D eigenvalue weighted by molar-refractivity contribution is 14.1. The number of rotatable bonds is 2. The molecule has 0 unspecified atom stereocenters. The van der Waals surface area contributed by atoms with Crippen LogP contribution in [0.5, 0.6) is 0 Å². The first-order valence-electron chi connectivity index (χ1n) is 5.63. The van der Waals surface area contributed by atoms with E-state index in [1.807, 2.05) is 20.2 Å². The highest BCUT2D eigenvalue weighted by Gasteiger charge is 2.16. The SMILES string of the molecule is Cc1nn(C)cc1-c1nc(Cl)c(I)c(C(C)C)n1. The summed E-state index contributed by atoms with van der Waals surface area (Å²) in [5.41, 5.74) is 2.82. The molecule has 2 rings (SSSR count). The molecule has 0 N–H and O–H groups in total. The summed E-state index contributed by atoms with van der Waals surface area (Å²) in [6.45, 7) is 6.14. The fourth-order valence-electron chi connectivity index (χ4n) is 1.76. The van der Waals surface area contributed by atoms with Crippen molar-refractivity contribution in [2.75, 3.05) is 0 Å². The molecule has 0 bridgehead atoms. The number of aromatic nitrogens is 4. The van der Waals surface area contributed by atoms with Crippen molar-refractivity contribution in [3.8, 4) is 11.4 Å². The fourth-order valence-corrected chi connectivity index (χ4v) is 2.80. The van der Waals surface area contributed by atoms with Gasteiger partial charge in [-0.25, -0.2) is 9.97 Å². The maximum absolute atomic E-state index is 6.19. The van der Waals surface area contributed by atoms with Gasteiger partial charge in [-0.3, -0.25) is 4.68 Å². The second-order valence-corrected chi connectivity index (χ2v) is 5.93. The van der Waals surface area contributed by atoms with Crippen LogP contribution in [0.2, 0.25) is 5.15 Å². The molecular formula is C12H14ClIN4. The van der Waals surface area contributed by atoms with Crippen molar-refractivity contribution in [2.24, 2.45) is 7.05 Å². The van der Waals surface area contributed by atoms with Crippen molar-refractivity contribution < 1.29 is 0 Å². The fraction of sp³-hybridized carbons (Fsp3) is 0.417. The second-order valence-electron chi connectivity index (χ2n) is 4.49. The Kier molecular flexibility index (Phi) is 3.91. The highest BCUT2D eigenvalue weighted by atomic mass is 127. The summed E-state index contributed by atoms with van der Waals surface area (Å²) in [5.74, 6) is 0.961. The van der Waals surface area contributed by atoms with Gasteiger partial charge < -0.3 is 0 Å². The molecule has 0 aliphatic carbocycles. The van der Waals surface area contributed by atoms with Crippen molar-refractivity contribution in [2.45, 2.75) is 26.7 Å². The Morgan fingerprint density at radius 1 is 1.33 bits per heavy atom. The van der Waals surface area contributed by atoms with Gasteiger partial charge in [0, 0.05) is 13.2 Å². The molecule has 0 saturated carbocycles. The van der Waals surface area contributed by atoms with E-state index >= 15 is 0 Å². The van der Waals surface area contributed by atoms with E-state index < -0.39 is 0 Å². The zero-order valence-electron chi connectivity index (χ0n) is 10.7. The zero-order valence-corrected chi connectivity index (χ0v) is 13.6. The van der Waals surface area contributed by atoms with Gasteiger partial charge in [-0.05, 0) is 35.4 Å². The average molecular weight is 377 g/mol. The Labute approximate surface area is 125 Å². The van der Waals surface area contributed by atoms with Crippen LogP contribution < -0.4 is 0 Å². The lowest BCUT2D eigenvalue weighted by Crippen LogP contribution is -2.02. The van der Waals surface area contributed by atoms with Crippen LogP contribution in [0.4, 0.5) is 0 Å². The lowest BCUT2D eigenvalue weighted by Gasteiger charge is -2.10. The molecule has 0 amide bonds. The predicted octanol–water partition coefficient (Wildman–Crippen LogP) is 3.57. The zero-order chi connectivity index (χ0) is 13.4. The van der Waals surface area contributed by atoms with Crippen LogP contribution >= 0.6 is 34.2 Å². The quantitative estimate of drug-likeness (QED) is 0.594. The number of halogens is 2. The van der Waals surface area contributed by atoms with E-state index in [1.165, 1.54) is 0 Å². The van der Waals surface area contributed by atoms with Gasteiger partial charge in [0.1, 0.15) is 5.15 Å². The summed E-state index contributed by atoms with van der Waals surface area (Å²) < 4.78 is 2.68. The maximum Gasteiger partial charge on any atom is 0.164 e. The largest absolute Gasteiger partial charge is 0.275 e. The Bertz CT molecular complexity index is 592. The Hall–Kier alpha value is -0.690. The van der Waals surface area contributed by atoms with Crippen molar-refractivity contribution in [1.29, 1.82) is 0 Å². The number of nitrogens with zero attached hydrogens (tertiary/aromatic N) is 4. The monoisotopic (exact) mass is 376 g/mol. The van der Waals surface area contributed by atoms with E-state index in [0.717, 1.165) is 20.5 Å². The Morgan fingerprint density at radius 3 is 2.50 bits per heavy atom. The minimum absolute atomic E-state index is 0.313. The van der Waals surface area contributed by atoms with Gasteiger partial charge in [0.2, 0.25) is 0 Å². The van der Waals surface area contributed by atoms with Gasteiger partial charge in [-0.15, -0.1) is 0 Å². The predicted molar refractivity (Wildman–Crippen MR) is 80.8 cm³/mol. The van der Waals surface area contributed by atoms with E-state index in [4.69, 9.17) is 11.6 Å². The normalized spacial score (nSPS) is 11.3. The van der Waals surface area contributed by atoms with Gasteiger partial charge in [0.05, 0.1) is 20.5 Å². The minimum Gasteiger partial charge on any atom is -0.275 e. The van der Waals surface area contributed by atoms with E-state index in [2.05, 4.69) is 51.5 Å². The van der Waals surface area contributed by atoms with Crippen LogP contribution in [0, 0.1) is 10.5 Å². The molecule has 4 nitrogen and oxygen atoms in total. The first-order chi connectivity index (χ1) is 8.40. The van der Waals surface area contributed by atoms with Gasteiger partial charge in [-0.2, -0.15) is 5.10 Å². The summed E-state index contributed by atoms with van der Waals surface area (Å²) in [6.07, 6.45) is 1.91. The third-order valence-corrected chi connectivity index (χ3v) is 4.29. The number of hydrogen-bond acceptors (Lipinski definition) is 3. The molecule has 0 atom stereocenters. The molecule has 96 valence electrons. The summed E-state index contributed by atoms with van der Waals surface area (Å²) in [4.78, 5) is 8.97. The molecule has 2 heterocycles. The van der Waals surface area contributed by atoms with Crippen molar-refractivity contribution >= 4 is 34.2 Å². The molecule has 0 saturated heterocycles. The third kappa shape index (κ3) is 2.51. The maximum atomic E-state index is 6.19. The van der Waals surface area contributed by atoms with Crippen molar-refractivity contribution in [3.63, 3.8) is 0 Å². The molecule has 2 aromatic heterocycles. The highest BCUT2D eigenvalue weighted by Crippen LogP contribution is 2.28. The first kappa shape index (κ1) is 13.7. The molecule has 2 aromatic rings. The van der Waals surface area contributed by atoms with Gasteiger partial charge in [0.15, 0.2) is 5.82 Å². The van der Waals surface area contributed by atoms with Crippen LogP contribution in [0.1, 0.15) is 31.2 Å². The van der Waals surface area contributed by atoms with Gasteiger partial charge in [0.25, 0.3) is 0 Å². The molecule has 0 fully saturated rings. The second kappa shape index (κ2) is 5.13. The molecule has 18 heavy (non-hydrogen) atoms. The Morgan fingerprint density at radius 2 is 2.00 bits per heavy atom. The summed E-state index contributed by atoms with van der Waals surface area (Å²) >= 11 is 8.38. The van der Waals surface area contributed by atoms with E-state index in [-0.39, 0.29) is 0 Å². The standard InChI is InChI=1S/C12H14ClIN4/c1-6(2)10-9(14)11(13)16-12(15-10)8-5-18(4)17-7(8)3/h5-6H,1-4H3. The van der Waals surface area contributed by atoms with Crippen LogP contribution in [-0.4, -0.2) is 19.7 Å². The first-order valence-corrected chi connectivity index (χ1v) is 7.09. The minimum atomic E-state index is 0.313. The van der Waals surface area contributed by atoms with Crippen LogP contribution in [0.25, 0.3) is 11.4 Å². The number of aryl methyl sites for hydroxylation is 2. The van der Waals surface area contributed by atoms with Gasteiger partial charge in [-0.1, -0.05) is 25.4 Å². The van der Waals surface area contributed by atoms with E-state index in [1.54, 1.807) is 4.68 Å². The average Bonchev–Trinajstić information content (AvgIpc) is 2.61. The van der Waals surface area contributed by atoms with Crippen molar-refractivity contribution in [3.05, 3.63) is 26.3 Å². The van der Waals surface area contributed by atoms with Crippen molar-refractivity contribution in [1.82, 2.24) is 19.7 Å². The summed E-state index contributed by atoms with van der Waals surface area (Å²) in [7, 11) is 1.88. The van der Waals surface area contributed by atoms with Crippen LogP contribution in [-0.2, 0) is 7.05 Å². The molecule has 6 heteroatoms.